The summed E-state index contributed by atoms with van der Waals surface area (Å²) in [5.41, 5.74) is 1.59. The van der Waals surface area contributed by atoms with Crippen molar-refractivity contribution in [1.82, 2.24) is 14.8 Å². The number of likely N-dealkylation sites (N-methyl/N-ethyl adjacent to an activating group) is 1. The van der Waals surface area contributed by atoms with Gasteiger partial charge in [0.15, 0.2) is 5.78 Å². The van der Waals surface area contributed by atoms with E-state index in [4.69, 9.17) is 24.2 Å². The number of ketones is 1. The second kappa shape index (κ2) is 8.32. The smallest absolute Gasteiger partial charge is 0.172 e. The van der Waals surface area contributed by atoms with Gasteiger partial charge in [-0.2, -0.15) is 12.6 Å². The number of Topliss-reactive ketones (excluding diaryl/α,β-unsaturated/α-hetero) is 1. The molecule has 0 N–H and O–H groups in total. The molecule has 0 spiro atoms. The molecule has 0 radical (unpaired) electrons. The van der Waals surface area contributed by atoms with Crippen LogP contribution in [0.1, 0.15) is 21.8 Å². The maximum Gasteiger partial charge on any atom is 0.172 e. The Morgan fingerprint density at radius 2 is 1.68 bits per heavy atom. The predicted octanol–water partition coefficient (Wildman–Crippen LogP) is 3.20. The maximum absolute atomic E-state index is 13.3. The van der Waals surface area contributed by atoms with Gasteiger partial charge >= 0.3 is 0 Å². The SMILES string of the molecule is CN1CCN(C(S)C(C(=O)c2ccc(Cl)cc2)c2ccncc2)CC1. The third-order valence-electron chi connectivity index (χ3n) is 4.69. The largest absolute Gasteiger partial charge is 0.304 e. The topological polar surface area (TPSA) is 36.4 Å². The van der Waals surface area contributed by atoms with Gasteiger partial charge in [0, 0.05) is 49.2 Å². The summed E-state index contributed by atoms with van der Waals surface area (Å²) in [4.78, 5) is 21.9. The highest BCUT2D eigenvalue weighted by atomic mass is 35.5. The molecule has 132 valence electrons. The van der Waals surface area contributed by atoms with Crippen molar-refractivity contribution >= 4 is 30.0 Å². The molecule has 2 aromatic rings. The lowest BCUT2D eigenvalue weighted by Crippen LogP contribution is -2.50. The standard InChI is InChI=1S/C19H22ClN3OS/c1-22-10-12-23(13-11-22)19(25)17(14-6-8-21-9-7-14)18(24)15-2-4-16(20)5-3-15/h2-9,17,19,25H,10-13H2,1H3. The number of hydrogen-bond acceptors (Lipinski definition) is 5. The van der Waals surface area contributed by atoms with E-state index in [9.17, 15) is 4.79 Å². The van der Waals surface area contributed by atoms with Crippen molar-refractivity contribution in [2.24, 2.45) is 0 Å². The van der Waals surface area contributed by atoms with E-state index in [0.29, 0.717) is 10.6 Å². The van der Waals surface area contributed by atoms with Crippen LogP contribution in [0.5, 0.6) is 0 Å². The lowest BCUT2D eigenvalue weighted by atomic mass is 9.90. The number of aromatic nitrogens is 1. The minimum atomic E-state index is -0.351. The Morgan fingerprint density at radius 1 is 1.08 bits per heavy atom. The van der Waals surface area contributed by atoms with Gasteiger partial charge in [-0.1, -0.05) is 11.6 Å². The second-order valence-electron chi connectivity index (χ2n) is 6.38. The number of benzene rings is 1. The first kappa shape index (κ1) is 18.4. The number of carbonyl (C=O) groups is 1. The summed E-state index contributed by atoms with van der Waals surface area (Å²) >= 11 is 10.8. The van der Waals surface area contributed by atoms with E-state index in [0.717, 1.165) is 31.7 Å². The summed E-state index contributed by atoms with van der Waals surface area (Å²) in [6.07, 6.45) is 3.45. The third kappa shape index (κ3) is 4.42. The number of nitrogens with zero attached hydrogens (tertiary/aromatic N) is 3. The molecule has 3 rings (SSSR count). The molecule has 2 heterocycles. The minimum Gasteiger partial charge on any atom is -0.304 e. The van der Waals surface area contributed by atoms with Gasteiger partial charge in [-0.05, 0) is 49.0 Å². The minimum absolute atomic E-state index is 0.0572. The Hall–Kier alpha value is -1.40. The Bertz CT molecular complexity index is 702. The first-order chi connectivity index (χ1) is 12.1. The molecule has 2 atom stereocenters. The van der Waals surface area contributed by atoms with Crippen molar-refractivity contribution in [2.45, 2.75) is 11.3 Å². The molecule has 0 bridgehead atoms. The van der Waals surface area contributed by atoms with Gasteiger partial charge in [-0.25, -0.2) is 0 Å². The van der Waals surface area contributed by atoms with E-state index in [-0.39, 0.29) is 17.1 Å². The van der Waals surface area contributed by atoms with E-state index in [1.165, 1.54) is 0 Å². The van der Waals surface area contributed by atoms with Gasteiger partial charge in [-0.3, -0.25) is 14.7 Å². The molecular weight excluding hydrogens is 354 g/mol. The molecule has 1 aromatic carbocycles. The zero-order valence-corrected chi connectivity index (χ0v) is 15.8. The predicted molar refractivity (Wildman–Crippen MR) is 105 cm³/mol. The van der Waals surface area contributed by atoms with Gasteiger partial charge in [0.1, 0.15) is 0 Å². The number of carbonyl (C=O) groups excluding carboxylic acids is 1. The molecule has 1 aliphatic rings. The van der Waals surface area contributed by atoms with Crippen LogP contribution in [-0.2, 0) is 0 Å². The van der Waals surface area contributed by atoms with E-state index < -0.39 is 0 Å². The summed E-state index contributed by atoms with van der Waals surface area (Å²) in [5.74, 6) is -0.294. The van der Waals surface area contributed by atoms with E-state index >= 15 is 0 Å². The average Bonchev–Trinajstić information content (AvgIpc) is 2.64. The van der Waals surface area contributed by atoms with Crippen molar-refractivity contribution in [3.8, 4) is 0 Å². The Kier molecular flexibility index (Phi) is 6.12. The first-order valence-corrected chi connectivity index (χ1v) is 9.26. The molecule has 1 saturated heterocycles. The summed E-state index contributed by atoms with van der Waals surface area (Å²) in [7, 11) is 2.12. The third-order valence-corrected chi connectivity index (χ3v) is 5.56. The zero-order chi connectivity index (χ0) is 17.8. The molecule has 1 aromatic heterocycles. The van der Waals surface area contributed by atoms with Crippen molar-refractivity contribution in [2.75, 3.05) is 33.2 Å². The van der Waals surface area contributed by atoms with E-state index in [2.05, 4.69) is 21.8 Å². The van der Waals surface area contributed by atoms with Gasteiger partial charge < -0.3 is 4.90 Å². The lowest BCUT2D eigenvalue weighted by molar-refractivity contribution is 0.0878. The summed E-state index contributed by atoms with van der Waals surface area (Å²) in [6, 6.07) is 10.9. The summed E-state index contributed by atoms with van der Waals surface area (Å²) in [5, 5.41) is 0.442. The Morgan fingerprint density at radius 3 is 2.28 bits per heavy atom. The highest BCUT2D eigenvalue weighted by molar-refractivity contribution is 7.81. The molecule has 0 amide bonds. The lowest BCUT2D eigenvalue weighted by Gasteiger charge is -2.38. The van der Waals surface area contributed by atoms with Crippen molar-refractivity contribution in [3.05, 3.63) is 64.9 Å². The average molecular weight is 376 g/mol. The first-order valence-electron chi connectivity index (χ1n) is 8.36. The number of rotatable bonds is 5. The quantitative estimate of drug-likeness (QED) is 0.643. The van der Waals surface area contributed by atoms with Gasteiger partial charge in [0.2, 0.25) is 0 Å². The molecular formula is C19H22ClN3OS. The van der Waals surface area contributed by atoms with E-state index in [1.807, 2.05) is 12.1 Å². The van der Waals surface area contributed by atoms with Crippen molar-refractivity contribution in [3.63, 3.8) is 0 Å². The number of halogens is 1. The summed E-state index contributed by atoms with van der Waals surface area (Å²) < 4.78 is 0. The van der Waals surface area contributed by atoms with Crippen LogP contribution in [0.15, 0.2) is 48.8 Å². The van der Waals surface area contributed by atoms with Crippen LogP contribution in [0.25, 0.3) is 0 Å². The number of hydrogen-bond donors (Lipinski definition) is 1. The highest BCUT2D eigenvalue weighted by Crippen LogP contribution is 2.30. The normalized spacial score (nSPS) is 18.7. The fourth-order valence-corrected chi connectivity index (χ4v) is 3.79. The maximum atomic E-state index is 13.3. The molecule has 0 saturated carbocycles. The van der Waals surface area contributed by atoms with Crippen LogP contribution >= 0.6 is 24.2 Å². The monoisotopic (exact) mass is 375 g/mol. The Balaban J connectivity index is 1.90. The van der Waals surface area contributed by atoms with Crippen molar-refractivity contribution in [1.29, 1.82) is 0 Å². The van der Waals surface area contributed by atoms with Crippen LogP contribution < -0.4 is 0 Å². The highest BCUT2D eigenvalue weighted by Gasteiger charge is 2.33. The zero-order valence-electron chi connectivity index (χ0n) is 14.2. The van der Waals surface area contributed by atoms with E-state index in [1.54, 1.807) is 36.7 Å². The fourth-order valence-electron chi connectivity index (χ4n) is 3.12. The Labute approximate surface area is 159 Å². The summed E-state index contributed by atoms with van der Waals surface area (Å²) in [6.45, 7) is 3.77. The number of piperazine rings is 1. The van der Waals surface area contributed by atoms with Crippen LogP contribution in [0.3, 0.4) is 0 Å². The fraction of sp³-hybridized carbons (Fsp3) is 0.368. The van der Waals surface area contributed by atoms with Crippen LogP contribution in [0.4, 0.5) is 0 Å². The van der Waals surface area contributed by atoms with Crippen LogP contribution in [0, 0.1) is 0 Å². The molecule has 25 heavy (non-hydrogen) atoms. The van der Waals surface area contributed by atoms with Crippen LogP contribution in [0.2, 0.25) is 5.02 Å². The van der Waals surface area contributed by atoms with Gasteiger partial charge in [0.05, 0.1) is 11.3 Å². The molecule has 0 aliphatic carbocycles. The number of thiol groups is 1. The number of pyridine rings is 1. The molecule has 6 heteroatoms. The van der Waals surface area contributed by atoms with Gasteiger partial charge in [0.25, 0.3) is 0 Å². The van der Waals surface area contributed by atoms with Crippen molar-refractivity contribution < 1.29 is 4.79 Å². The molecule has 1 fully saturated rings. The molecule has 2 unspecified atom stereocenters. The van der Waals surface area contributed by atoms with Gasteiger partial charge in [-0.15, -0.1) is 0 Å². The molecule has 4 nitrogen and oxygen atoms in total. The van der Waals surface area contributed by atoms with Crippen LogP contribution in [-0.4, -0.2) is 59.2 Å². The molecule has 1 aliphatic heterocycles. The second-order valence-corrected chi connectivity index (χ2v) is 7.35.